The van der Waals surface area contributed by atoms with Crippen LogP contribution in [-0.2, 0) is 0 Å². The fourth-order valence-electron chi connectivity index (χ4n) is 2.45. The summed E-state index contributed by atoms with van der Waals surface area (Å²) in [7, 11) is 0. The van der Waals surface area contributed by atoms with Crippen LogP contribution in [0.25, 0.3) is 0 Å². The van der Waals surface area contributed by atoms with E-state index >= 15 is 0 Å². The van der Waals surface area contributed by atoms with E-state index in [-0.39, 0.29) is 5.54 Å². The average Bonchev–Trinajstić information content (AvgIpc) is 2.98. The summed E-state index contributed by atoms with van der Waals surface area (Å²) in [5.41, 5.74) is 0.270. The lowest BCUT2D eigenvalue weighted by atomic mass is 10.1. The molecule has 2 aliphatic carbocycles. The van der Waals surface area contributed by atoms with Crippen LogP contribution in [0.2, 0.25) is 0 Å². The zero-order chi connectivity index (χ0) is 11.6. The summed E-state index contributed by atoms with van der Waals surface area (Å²) in [5, 5.41) is 7.34. The summed E-state index contributed by atoms with van der Waals surface area (Å²) in [6.45, 7) is 9.03. The van der Waals surface area contributed by atoms with Crippen molar-refractivity contribution in [3.8, 4) is 0 Å². The predicted molar refractivity (Wildman–Crippen MR) is 69.6 cm³/mol. The monoisotopic (exact) mass is 224 g/mol. The van der Waals surface area contributed by atoms with E-state index < -0.39 is 0 Å². The van der Waals surface area contributed by atoms with Gasteiger partial charge in [-0.25, -0.2) is 0 Å². The molecule has 16 heavy (non-hydrogen) atoms. The van der Waals surface area contributed by atoms with E-state index in [1.807, 2.05) is 0 Å². The Labute approximate surface area is 101 Å². The van der Waals surface area contributed by atoms with Crippen LogP contribution in [0, 0.1) is 11.8 Å². The number of rotatable bonds is 7. The Morgan fingerprint density at radius 2 is 1.56 bits per heavy atom. The van der Waals surface area contributed by atoms with Crippen LogP contribution >= 0.6 is 0 Å². The molecule has 2 fully saturated rings. The Kier molecular flexibility index (Phi) is 3.91. The first-order chi connectivity index (χ1) is 7.56. The van der Waals surface area contributed by atoms with Crippen molar-refractivity contribution < 1.29 is 0 Å². The van der Waals surface area contributed by atoms with Gasteiger partial charge in [-0.1, -0.05) is 0 Å². The molecule has 2 saturated carbocycles. The van der Waals surface area contributed by atoms with Gasteiger partial charge in [0.1, 0.15) is 0 Å². The highest BCUT2D eigenvalue weighted by Crippen LogP contribution is 2.44. The lowest BCUT2D eigenvalue weighted by Gasteiger charge is -2.22. The topological polar surface area (TPSA) is 24.1 Å². The van der Waals surface area contributed by atoms with Gasteiger partial charge in [-0.05, 0) is 77.8 Å². The highest BCUT2D eigenvalue weighted by atomic mass is 15.0. The van der Waals surface area contributed by atoms with Gasteiger partial charge >= 0.3 is 0 Å². The minimum absolute atomic E-state index is 0.270. The highest BCUT2D eigenvalue weighted by molar-refractivity contribution is 4.96. The molecule has 0 aromatic rings. The minimum Gasteiger partial charge on any atom is -0.313 e. The first kappa shape index (κ1) is 12.4. The molecule has 0 heterocycles. The smallest absolute Gasteiger partial charge is 0.0124 e. The SMILES string of the molecule is CC(C)(C)NCCCNC(C1CC1)C1CC1. The average molecular weight is 224 g/mol. The molecular formula is C14H28N2. The van der Waals surface area contributed by atoms with Crippen LogP contribution in [0.15, 0.2) is 0 Å². The Morgan fingerprint density at radius 3 is 2.00 bits per heavy atom. The second kappa shape index (κ2) is 5.05. The van der Waals surface area contributed by atoms with Crippen molar-refractivity contribution >= 4 is 0 Å². The van der Waals surface area contributed by atoms with E-state index in [1.54, 1.807) is 0 Å². The maximum absolute atomic E-state index is 3.79. The molecule has 0 aromatic carbocycles. The first-order valence-corrected chi connectivity index (χ1v) is 7.05. The van der Waals surface area contributed by atoms with Gasteiger partial charge in [0, 0.05) is 11.6 Å². The molecule has 2 nitrogen and oxygen atoms in total. The lowest BCUT2D eigenvalue weighted by molar-refractivity contribution is 0.388. The molecule has 0 unspecified atom stereocenters. The van der Waals surface area contributed by atoms with Gasteiger partial charge in [-0.2, -0.15) is 0 Å². The van der Waals surface area contributed by atoms with Gasteiger partial charge in [0.05, 0.1) is 0 Å². The van der Waals surface area contributed by atoms with Gasteiger partial charge in [0.25, 0.3) is 0 Å². The Balaban J connectivity index is 1.53. The lowest BCUT2D eigenvalue weighted by Crippen LogP contribution is -2.39. The van der Waals surface area contributed by atoms with Crippen LogP contribution in [-0.4, -0.2) is 24.7 Å². The summed E-state index contributed by atoms with van der Waals surface area (Å²) >= 11 is 0. The second-order valence-electron chi connectivity index (χ2n) is 6.69. The first-order valence-electron chi connectivity index (χ1n) is 7.05. The molecule has 0 amide bonds. The standard InChI is InChI=1S/C14H28N2/c1-14(2,3)16-10-4-9-15-13(11-5-6-11)12-7-8-12/h11-13,15-16H,4-10H2,1-3H3. The quantitative estimate of drug-likeness (QED) is 0.649. The molecule has 0 saturated heterocycles. The Morgan fingerprint density at radius 1 is 1.00 bits per heavy atom. The summed E-state index contributed by atoms with van der Waals surface area (Å²) in [6.07, 6.45) is 7.18. The second-order valence-corrected chi connectivity index (χ2v) is 6.69. The fourth-order valence-corrected chi connectivity index (χ4v) is 2.45. The van der Waals surface area contributed by atoms with Crippen molar-refractivity contribution in [1.29, 1.82) is 0 Å². The van der Waals surface area contributed by atoms with Crippen molar-refractivity contribution in [1.82, 2.24) is 10.6 Å². The molecule has 0 atom stereocenters. The molecule has 0 aliphatic heterocycles. The number of hydrogen-bond donors (Lipinski definition) is 2. The summed E-state index contributed by atoms with van der Waals surface area (Å²) in [6, 6.07) is 0.870. The molecule has 0 aromatic heterocycles. The molecule has 2 heteroatoms. The molecule has 0 spiro atoms. The molecule has 0 bridgehead atoms. The molecular weight excluding hydrogens is 196 g/mol. The molecule has 2 rings (SSSR count). The molecule has 2 N–H and O–H groups in total. The third-order valence-corrected chi connectivity index (χ3v) is 3.65. The third kappa shape index (κ3) is 4.42. The van der Waals surface area contributed by atoms with Crippen molar-refractivity contribution in [3.63, 3.8) is 0 Å². The van der Waals surface area contributed by atoms with Crippen molar-refractivity contribution in [2.75, 3.05) is 13.1 Å². The van der Waals surface area contributed by atoms with E-state index in [0.29, 0.717) is 0 Å². The summed E-state index contributed by atoms with van der Waals surface area (Å²) < 4.78 is 0. The van der Waals surface area contributed by atoms with E-state index in [1.165, 1.54) is 38.6 Å². The zero-order valence-electron chi connectivity index (χ0n) is 11.2. The van der Waals surface area contributed by atoms with Crippen molar-refractivity contribution in [2.24, 2.45) is 11.8 Å². The van der Waals surface area contributed by atoms with Crippen LogP contribution < -0.4 is 10.6 Å². The van der Waals surface area contributed by atoms with Crippen LogP contribution in [0.1, 0.15) is 52.9 Å². The predicted octanol–water partition coefficient (Wildman–Crippen LogP) is 2.54. The van der Waals surface area contributed by atoms with Gasteiger partial charge in [-0.15, -0.1) is 0 Å². The maximum atomic E-state index is 3.79. The highest BCUT2D eigenvalue weighted by Gasteiger charge is 2.40. The van der Waals surface area contributed by atoms with Crippen molar-refractivity contribution in [2.45, 2.75) is 64.5 Å². The van der Waals surface area contributed by atoms with Crippen LogP contribution in [0.5, 0.6) is 0 Å². The molecule has 2 aliphatic rings. The van der Waals surface area contributed by atoms with Gasteiger partial charge < -0.3 is 10.6 Å². The minimum atomic E-state index is 0.270. The summed E-state index contributed by atoms with van der Waals surface area (Å²) in [4.78, 5) is 0. The van der Waals surface area contributed by atoms with Crippen LogP contribution in [0.4, 0.5) is 0 Å². The van der Waals surface area contributed by atoms with Gasteiger partial charge in [-0.3, -0.25) is 0 Å². The normalized spacial score (nSPS) is 21.8. The third-order valence-electron chi connectivity index (χ3n) is 3.65. The largest absolute Gasteiger partial charge is 0.313 e. The van der Waals surface area contributed by atoms with Crippen molar-refractivity contribution in [3.05, 3.63) is 0 Å². The van der Waals surface area contributed by atoms with Crippen LogP contribution in [0.3, 0.4) is 0 Å². The van der Waals surface area contributed by atoms with E-state index in [4.69, 9.17) is 0 Å². The fraction of sp³-hybridized carbons (Fsp3) is 1.00. The van der Waals surface area contributed by atoms with E-state index in [9.17, 15) is 0 Å². The number of nitrogens with one attached hydrogen (secondary N) is 2. The van der Waals surface area contributed by atoms with E-state index in [2.05, 4.69) is 31.4 Å². The maximum Gasteiger partial charge on any atom is 0.0124 e. The van der Waals surface area contributed by atoms with Gasteiger partial charge in [0.2, 0.25) is 0 Å². The Hall–Kier alpha value is -0.0800. The number of hydrogen-bond acceptors (Lipinski definition) is 2. The summed E-state index contributed by atoms with van der Waals surface area (Å²) in [5.74, 6) is 2.06. The Bertz CT molecular complexity index is 199. The van der Waals surface area contributed by atoms with Gasteiger partial charge in [0.15, 0.2) is 0 Å². The molecule has 94 valence electrons. The van der Waals surface area contributed by atoms with E-state index in [0.717, 1.165) is 24.4 Å². The molecule has 0 radical (unpaired) electrons. The zero-order valence-corrected chi connectivity index (χ0v) is 11.2.